The average Bonchev–Trinajstić information content (AvgIpc) is 2.90. The lowest BCUT2D eigenvalue weighted by Gasteiger charge is -2.35. The molecule has 0 aliphatic carbocycles. The maximum Gasteiger partial charge on any atom is 0.224 e. The number of carbonyl (C=O) groups is 1. The van der Waals surface area contributed by atoms with Crippen LogP contribution in [0.25, 0.3) is 0 Å². The van der Waals surface area contributed by atoms with Crippen LogP contribution in [0.15, 0.2) is 73.1 Å². The van der Waals surface area contributed by atoms with Gasteiger partial charge in [0.1, 0.15) is 5.75 Å². The molecule has 2 heterocycles. The van der Waals surface area contributed by atoms with Crippen LogP contribution in [0.4, 0.5) is 5.69 Å². The fourth-order valence-electron chi connectivity index (χ4n) is 4.96. The summed E-state index contributed by atoms with van der Waals surface area (Å²) in [6, 6.07) is 21.5. The van der Waals surface area contributed by atoms with Crippen molar-refractivity contribution in [1.29, 1.82) is 0 Å². The van der Waals surface area contributed by atoms with E-state index < -0.39 is 0 Å². The van der Waals surface area contributed by atoms with Crippen molar-refractivity contribution in [2.45, 2.75) is 51.1 Å². The molecule has 36 heavy (non-hydrogen) atoms. The summed E-state index contributed by atoms with van der Waals surface area (Å²) in [6.07, 6.45) is 8.19. The van der Waals surface area contributed by atoms with E-state index in [0.717, 1.165) is 55.6 Å². The summed E-state index contributed by atoms with van der Waals surface area (Å²) >= 11 is 0. The van der Waals surface area contributed by atoms with E-state index in [1.54, 1.807) is 7.11 Å². The van der Waals surface area contributed by atoms with E-state index in [-0.39, 0.29) is 5.91 Å². The zero-order valence-corrected chi connectivity index (χ0v) is 21.5. The van der Waals surface area contributed by atoms with E-state index in [4.69, 9.17) is 4.74 Å². The van der Waals surface area contributed by atoms with Gasteiger partial charge in [0.05, 0.1) is 13.5 Å². The number of hydrogen-bond acceptors (Lipinski definition) is 5. The molecule has 0 saturated carbocycles. The summed E-state index contributed by atoms with van der Waals surface area (Å²) in [7, 11) is 1.67. The number of methoxy groups -OCH3 is 1. The Kier molecular flexibility index (Phi) is 9.33. The Bertz CT molecular complexity index is 1080. The second kappa shape index (κ2) is 13.1. The van der Waals surface area contributed by atoms with Gasteiger partial charge in [-0.3, -0.25) is 9.78 Å². The molecule has 1 atom stereocenters. The van der Waals surface area contributed by atoms with Crippen LogP contribution in [0.5, 0.6) is 5.75 Å². The monoisotopic (exact) mass is 486 g/mol. The summed E-state index contributed by atoms with van der Waals surface area (Å²) < 4.78 is 5.38. The number of nitrogens with zero attached hydrogens (tertiary/aromatic N) is 2. The Hall–Kier alpha value is -3.38. The fraction of sp³-hybridized carbons (Fsp3) is 0.400. The zero-order valence-electron chi connectivity index (χ0n) is 21.5. The number of benzene rings is 2. The zero-order chi connectivity index (χ0) is 25.2. The Morgan fingerprint density at radius 2 is 1.83 bits per heavy atom. The second-order valence-electron chi connectivity index (χ2n) is 9.65. The van der Waals surface area contributed by atoms with Gasteiger partial charge in [-0.15, -0.1) is 0 Å². The molecule has 190 valence electrons. The van der Waals surface area contributed by atoms with Crippen molar-refractivity contribution in [1.82, 2.24) is 15.6 Å². The van der Waals surface area contributed by atoms with Crippen molar-refractivity contribution in [2.75, 3.05) is 31.6 Å². The molecule has 6 nitrogen and oxygen atoms in total. The van der Waals surface area contributed by atoms with E-state index in [9.17, 15) is 4.79 Å². The lowest BCUT2D eigenvalue weighted by atomic mass is 10.0. The van der Waals surface area contributed by atoms with Gasteiger partial charge in [-0.25, -0.2) is 0 Å². The van der Waals surface area contributed by atoms with E-state index in [1.165, 1.54) is 11.3 Å². The molecule has 4 rings (SSSR count). The third-order valence-electron chi connectivity index (χ3n) is 6.86. The number of carbonyl (C=O) groups excluding carboxylic acids is 1. The van der Waals surface area contributed by atoms with E-state index in [0.29, 0.717) is 25.0 Å². The molecular weight excluding hydrogens is 448 g/mol. The molecule has 1 saturated heterocycles. The van der Waals surface area contributed by atoms with Crippen molar-refractivity contribution < 1.29 is 9.53 Å². The van der Waals surface area contributed by atoms with Gasteiger partial charge in [-0.1, -0.05) is 36.4 Å². The molecule has 1 aliphatic rings. The highest BCUT2D eigenvalue weighted by atomic mass is 16.5. The minimum atomic E-state index is 0.0462. The van der Waals surface area contributed by atoms with Crippen molar-refractivity contribution in [2.24, 2.45) is 0 Å². The minimum Gasteiger partial charge on any atom is -0.496 e. The second-order valence-corrected chi connectivity index (χ2v) is 9.65. The third-order valence-corrected chi connectivity index (χ3v) is 6.86. The van der Waals surface area contributed by atoms with Crippen LogP contribution in [-0.2, 0) is 24.1 Å². The van der Waals surface area contributed by atoms with Gasteiger partial charge in [-0.05, 0) is 73.6 Å². The van der Waals surface area contributed by atoms with Crippen LogP contribution < -0.4 is 20.3 Å². The number of rotatable bonds is 11. The predicted molar refractivity (Wildman–Crippen MR) is 146 cm³/mol. The first-order valence-electron chi connectivity index (χ1n) is 13.0. The lowest BCUT2D eigenvalue weighted by Crippen LogP contribution is -2.46. The van der Waals surface area contributed by atoms with Gasteiger partial charge in [0.2, 0.25) is 5.91 Å². The standard InChI is InChI=1S/C30H38N4O2/c1-23(20-25-6-5-16-31-22-25)33-27-14-18-34(19-15-27)28-11-9-24(10-12-28)21-30(35)32-17-13-26-7-3-4-8-29(26)36-2/h3-12,16,22-23,27,33H,13-15,17-21H2,1-2H3,(H,32,35)/t23-/m0/s1. The van der Waals surface area contributed by atoms with Crippen LogP contribution >= 0.6 is 0 Å². The Morgan fingerprint density at radius 3 is 2.56 bits per heavy atom. The van der Waals surface area contributed by atoms with Crippen LogP contribution in [0.1, 0.15) is 36.5 Å². The molecule has 1 amide bonds. The van der Waals surface area contributed by atoms with E-state index in [2.05, 4.69) is 57.8 Å². The van der Waals surface area contributed by atoms with Crippen molar-refractivity contribution >= 4 is 11.6 Å². The molecule has 1 aromatic heterocycles. The van der Waals surface area contributed by atoms with Crippen LogP contribution in [0.2, 0.25) is 0 Å². The number of aromatic nitrogens is 1. The third kappa shape index (κ3) is 7.56. The molecular formula is C30H38N4O2. The highest BCUT2D eigenvalue weighted by Crippen LogP contribution is 2.21. The molecule has 1 aliphatic heterocycles. The van der Waals surface area contributed by atoms with Gasteiger partial charge < -0.3 is 20.3 Å². The van der Waals surface area contributed by atoms with Crippen LogP contribution in [-0.4, -0.2) is 49.7 Å². The molecule has 0 bridgehead atoms. The Labute approximate surface area is 215 Å². The summed E-state index contributed by atoms with van der Waals surface area (Å²) in [5, 5.41) is 6.83. The SMILES string of the molecule is COc1ccccc1CCNC(=O)Cc1ccc(N2CCC(N[C@@H](C)Cc3cccnc3)CC2)cc1. The highest BCUT2D eigenvalue weighted by molar-refractivity contribution is 5.78. The first kappa shape index (κ1) is 25.7. The van der Waals surface area contributed by atoms with Gasteiger partial charge in [0.15, 0.2) is 0 Å². The quantitative estimate of drug-likeness (QED) is 0.426. The van der Waals surface area contributed by atoms with Gasteiger partial charge in [0.25, 0.3) is 0 Å². The average molecular weight is 487 g/mol. The fourth-order valence-corrected chi connectivity index (χ4v) is 4.96. The maximum absolute atomic E-state index is 12.4. The largest absolute Gasteiger partial charge is 0.496 e. The van der Waals surface area contributed by atoms with Gasteiger partial charge in [-0.2, -0.15) is 0 Å². The number of nitrogens with one attached hydrogen (secondary N) is 2. The van der Waals surface area contributed by atoms with Gasteiger partial charge >= 0.3 is 0 Å². The summed E-state index contributed by atoms with van der Waals surface area (Å²) in [5.41, 5.74) is 4.65. The first-order chi connectivity index (χ1) is 17.6. The van der Waals surface area contributed by atoms with Gasteiger partial charge in [0, 0.05) is 49.8 Å². The highest BCUT2D eigenvalue weighted by Gasteiger charge is 2.21. The summed E-state index contributed by atoms with van der Waals surface area (Å²) in [6.45, 7) is 4.94. The number of hydrogen-bond donors (Lipinski definition) is 2. The van der Waals surface area contributed by atoms with E-state index in [1.807, 2.05) is 42.7 Å². The van der Waals surface area contributed by atoms with Crippen LogP contribution in [0.3, 0.4) is 0 Å². The summed E-state index contributed by atoms with van der Waals surface area (Å²) in [4.78, 5) is 19.1. The molecule has 3 aromatic rings. The number of pyridine rings is 1. The molecule has 0 unspecified atom stereocenters. The molecule has 6 heteroatoms. The predicted octanol–water partition coefficient (Wildman–Crippen LogP) is 4.18. The number of amides is 1. The Morgan fingerprint density at radius 1 is 1.06 bits per heavy atom. The molecule has 1 fully saturated rings. The van der Waals surface area contributed by atoms with Crippen molar-refractivity contribution in [3.8, 4) is 5.75 Å². The smallest absolute Gasteiger partial charge is 0.224 e. The van der Waals surface area contributed by atoms with Crippen molar-refractivity contribution in [3.63, 3.8) is 0 Å². The molecule has 2 N–H and O–H groups in total. The molecule has 0 spiro atoms. The summed E-state index contributed by atoms with van der Waals surface area (Å²) in [5.74, 6) is 0.909. The van der Waals surface area contributed by atoms with E-state index >= 15 is 0 Å². The minimum absolute atomic E-state index is 0.0462. The lowest BCUT2D eigenvalue weighted by molar-refractivity contribution is -0.120. The van der Waals surface area contributed by atoms with Crippen LogP contribution in [0, 0.1) is 0 Å². The number of para-hydroxylation sites is 1. The normalized spacial score (nSPS) is 14.9. The Balaban J connectivity index is 1.17. The van der Waals surface area contributed by atoms with Crippen molar-refractivity contribution in [3.05, 3.63) is 89.7 Å². The molecule has 2 aromatic carbocycles. The molecule has 0 radical (unpaired) electrons. The topological polar surface area (TPSA) is 66.5 Å². The number of anilines is 1. The number of piperidine rings is 1. The maximum atomic E-state index is 12.4. The number of ether oxygens (including phenoxy) is 1. The first-order valence-corrected chi connectivity index (χ1v) is 13.0.